The normalized spacial score (nSPS) is 20.8. The maximum Gasteiger partial charge on any atom is 0.324 e. The molecule has 1 aromatic rings. The van der Waals surface area contributed by atoms with E-state index in [0.717, 1.165) is 22.5 Å². The summed E-state index contributed by atoms with van der Waals surface area (Å²) in [5.41, 5.74) is 4.69. The van der Waals surface area contributed by atoms with Crippen LogP contribution in [0.1, 0.15) is 12.8 Å². The van der Waals surface area contributed by atoms with E-state index < -0.39 is 31.3 Å². The van der Waals surface area contributed by atoms with Gasteiger partial charge >= 0.3 is 5.69 Å². The summed E-state index contributed by atoms with van der Waals surface area (Å²) in [6, 6.07) is 2.72. The number of piperidine rings is 1. The number of benzene rings is 1. The van der Waals surface area contributed by atoms with Gasteiger partial charge in [-0.15, -0.1) is 0 Å². The minimum Gasteiger partial charge on any atom is -0.327 e. The number of nitrogens with two attached hydrogens (primary N) is 1. The number of hydrogen-bond donors (Lipinski definition) is 1. The Morgan fingerprint density at radius 3 is 2.75 bits per heavy atom. The Labute approximate surface area is 115 Å². The largest absolute Gasteiger partial charge is 0.327 e. The summed E-state index contributed by atoms with van der Waals surface area (Å²) in [5.74, 6) is -1.17. The fourth-order valence-electron chi connectivity index (χ4n) is 2.21. The minimum atomic E-state index is -4.12. The lowest BCUT2D eigenvalue weighted by molar-refractivity contribution is -0.390. The molecule has 0 unspecified atom stereocenters. The van der Waals surface area contributed by atoms with E-state index in [1.54, 1.807) is 0 Å². The lowest BCUT2D eigenvalue weighted by atomic mass is 10.1. The van der Waals surface area contributed by atoms with Gasteiger partial charge in [0, 0.05) is 19.1 Å². The lowest BCUT2D eigenvalue weighted by Crippen LogP contribution is -2.45. The van der Waals surface area contributed by atoms with Gasteiger partial charge in [-0.3, -0.25) is 10.1 Å². The molecule has 7 nitrogen and oxygen atoms in total. The van der Waals surface area contributed by atoms with Crippen molar-refractivity contribution in [3.63, 3.8) is 0 Å². The zero-order valence-corrected chi connectivity index (χ0v) is 11.3. The summed E-state index contributed by atoms with van der Waals surface area (Å²) in [6.45, 7) is 0.305. The molecule has 0 radical (unpaired) electrons. The Morgan fingerprint density at radius 1 is 1.45 bits per heavy atom. The van der Waals surface area contributed by atoms with Gasteiger partial charge in [-0.1, -0.05) is 6.07 Å². The molecule has 20 heavy (non-hydrogen) atoms. The molecule has 1 saturated heterocycles. The van der Waals surface area contributed by atoms with E-state index in [1.165, 1.54) is 0 Å². The van der Waals surface area contributed by atoms with Crippen LogP contribution in [0.5, 0.6) is 0 Å². The molecule has 0 saturated carbocycles. The predicted octanol–water partition coefficient (Wildman–Crippen LogP) is 0.846. The molecule has 0 aliphatic carbocycles. The zero-order valence-electron chi connectivity index (χ0n) is 10.5. The van der Waals surface area contributed by atoms with E-state index >= 15 is 0 Å². The van der Waals surface area contributed by atoms with Crippen LogP contribution in [-0.2, 0) is 10.0 Å². The van der Waals surface area contributed by atoms with Gasteiger partial charge in [0.1, 0.15) is 0 Å². The Morgan fingerprint density at radius 2 is 2.15 bits per heavy atom. The molecule has 1 aromatic carbocycles. The van der Waals surface area contributed by atoms with Crippen LogP contribution in [0.3, 0.4) is 0 Å². The topological polar surface area (TPSA) is 107 Å². The number of nitrogens with zero attached hydrogens (tertiary/aromatic N) is 2. The molecule has 1 fully saturated rings. The average molecular weight is 303 g/mol. The van der Waals surface area contributed by atoms with Gasteiger partial charge in [-0.25, -0.2) is 8.42 Å². The van der Waals surface area contributed by atoms with Crippen molar-refractivity contribution in [1.29, 1.82) is 0 Å². The number of halogens is 1. The molecular weight excluding hydrogens is 289 g/mol. The molecule has 0 spiro atoms. The number of hydrogen-bond acceptors (Lipinski definition) is 5. The van der Waals surface area contributed by atoms with Crippen molar-refractivity contribution >= 4 is 15.7 Å². The highest BCUT2D eigenvalue weighted by atomic mass is 32.2. The van der Waals surface area contributed by atoms with Crippen LogP contribution in [0, 0.1) is 15.9 Å². The summed E-state index contributed by atoms with van der Waals surface area (Å²) < 4.78 is 39.4. The van der Waals surface area contributed by atoms with Gasteiger partial charge in [-0.2, -0.15) is 8.70 Å². The van der Waals surface area contributed by atoms with Crippen LogP contribution in [0.25, 0.3) is 0 Å². The van der Waals surface area contributed by atoms with Crippen LogP contribution >= 0.6 is 0 Å². The van der Waals surface area contributed by atoms with Gasteiger partial charge in [0.25, 0.3) is 0 Å². The van der Waals surface area contributed by atoms with Crippen molar-refractivity contribution in [2.75, 3.05) is 13.1 Å². The van der Waals surface area contributed by atoms with Crippen molar-refractivity contribution in [1.82, 2.24) is 4.31 Å². The molecular formula is C11H14FN3O4S. The number of rotatable bonds is 3. The van der Waals surface area contributed by atoms with E-state index in [2.05, 4.69) is 0 Å². The third-order valence-corrected chi connectivity index (χ3v) is 5.07. The van der Waals surface area contributed by atoms with Crippen LogP contribution in [0.2, 0.25) is 0 Å². The Balaban J connectivity index is 2.49. The highest BCUT2D eigenvalue weighted by Crippen LogP contribution is 2.30. The van der Waals surface area contributed by atoms with Crippen LogP contribution in [0.15, 0.2) is 23.1 Å². The standard InChI is InChI=1S/C11H14FN3O4S/c12-9-4-1-5-10(11(9)15(16)17)20(18,19)14-6-2-3-8(13)7-14/h1,4-5,8H,2-3,6-7,13H2/t8-/m1/s1. The van der Waals surface area contributed by atoms with E-state index in [4.69, 9.17) is 5.73 Å². The fourth-order valence-corrected chi connectivity index (χ4v) is 3.91. The highest BCUT2D eigenvalue weighted by Gasteiger charge is 2.35. The molecule has 1 heterocycles. The Bertz CT molecular complexity index is 635. The second-order valence-electron chi connectivity index (χ2n) is 4.61. The summed E-state index contributed by atoms with van der Waals surface area (Å²) in [7, 11) is -4.12. The van der Waals surface area contributed by atoms with Crippen molar-refractivity contribution in [3.05, 3.63) is 34.1 Å². The van der Waals surface area contributed by atoms with E-state index in [-0.39, 0.29) is 19.1 Å². The van der Waals surface area contributed by atoms with E-state index in [1.807, 2.05) is 0 Å². The van der Waals surface area contributed by atoms with Crippen LogP contribution in [-0.4, -0.2) is 36.8 Å². The third-order valence-electron chi connectivity index (χ3n) is 3.17. The first-order valence-corrected chi connectivity index (χ1v) is 7.46. The molecule has 0 amide bonds. The molecule has 1 aliphatic rings. The molecule has 1 atom stereocenters. The predicted molar refractivity (Wildman–Crippen MR) is 69.0 cm³/mol. The highest BCUT2D eigenvalue weighted by molar-refractivity contribution is 7.89. The molecule has 1 aliphatic heterocycles. The van der Waals surface area contributed by atoms with Crippen LogP contribution < -0.4 is 5.73 Å². The number of nitro benzene ring substituents is 1. The number of sulfonamides is 1. The number of nitro groups is 1. The van der Waals surface area contributed by atoms with Crippen molar-refractivity contribution in [2.24, 2.45) is 5.73 Å². The second kappa shape index (κ2) is 5.43. The van der Waals surface area contributed by atoms with E-state index in [0.29, 0.717) is 12.8 Å². The summed E-state index contributed by atoms with van der Waals surface area (Å²) in [6.07, 6.45) is 1.26. The third kappa shape index (κ3) is 2.65. The lowest BCUT2D eigenvalue weighted by Gasteiger charge is -2.29. The molecule has 0 aromatic heterocycles. The van der Waals surface area contributed by atoms with Gasteiger partial charge in [0.05, 0.1) is 4.92 Å². The van der Waals surface area contributed by atoms with Crippen LogP contribution in [0.4, 0.5) is 10.1 Å². The summed E-state index contributed by atoms with van der Waals surface area (Å²) in [4.78, 5) is 9.24. The van der Waals surface area contributed by atoms with Gasteiger partial charge in [-0.05, 0) is 25.0 Å². The maximum absolute atomic E-state index is 13.5. The molecule has 110 valence electrons. The maximum atomic E-state index is 13.5. The van der Waals surface area contributed by atoms with Gasteiger partial charge in [0.15, 0.2) is 4.90 Å². The fraction of sp³-hybridized carbons (Fsp3) is 0.455. The first-order valence-electron chi connectivity index (χ1n) is 6.02. The molecule has 2 rings (SSSR count). The molecule has 9 heteroatoms. The molecule has 0 bridgehead atoms. The zero-order chi connectivity index (χ0) is 14.9. The SMILES string of the molecule is N[C@@H]1CCCN(S(=O)(=O)c2cccc(F)c2[N+](=O)[O-])C1. The minimum absolute atomic E-state index is 0.0794. The smallest absolute Gasteiger partial charge is 0.324 e. The first-order chi connectivity index (χ1) is 9.34. The molecule has 2 N–H and O–H groups in total. The Kier molecular flexibility index (Phi) is 4.02. The summed E-state index contributed by atoms with van der Waals surface area (Å²) in [5, 5.41) is 10.9. The Hall–Kier alpha value is -1.58. The van der Waals surface area contributed by atoms with Crippen molar-refractivity contribution in [3.8, 4) is 0 Å². The monoisotopic (exact) mass is 303 g/mol. The second-order valence-corrected chi connectivity index (χ2v) is 6.52. The van der Waals surface area contributed by atoms with Gasteiger partial charge in [0.2, 0.25) is 15.8 Å². The van der Waals surface area contributed by atoms with Gasteiger partial charge < -0.3 is 5.73 Å². The first kappa shape index (κ1) is 14.8. The number of para-hydroxylation sites is 1. The quantitative estimate of drug-likeness (QED) is 0.658. The van der Waals surface area contributed by atoms with E-state index in [9.17, 15) is 22.9 Å². The average Bonchev–Trinajstić information content (AvgIpc) is 2.38. The summed E-state index contributed by atoms with van der Waals surface area (Å²) >= 11 is 0. The van der Waals surface area contributed by atoms with Crippen molar-refractivity contribution < 1.29 is 17.7 Å². The van der Waals surface area contributed by atoms with Crippen molar-refractivity contribution in [2.45, 2.75) is 23.8 Å².